The lowest BCUT2D eigenvalue weighted by Gasteiger charge is -2.23. The van der Waals surface area contributed by atoms with E-state index in [2.05, 4.69) is 0 Å². The van der Waals surface area contributed by atoms with Crippen LogP contribution in [-0.2, 0) is 16.0 Å². The lowest BCUT2D eigenvalue weighted by Crippen LogP contribution is -2.37. The zero-order chi connectivity index (χ0) is 15.0. The number of amides is 1. The van der Waals surface area contributed by atoms with E-state index in [9.17, 15) is 14.7 Å². The molecule has 1 aromatic rings. The molecular formula is C16H20N2O3. The molecule has 112 valence electrons. The number of benzene rings is 1. The molecule has 0 aromatic heterocycles. The maximum atomic E-state index is 12.4. The fraction of sp³-hybridized carbons (Fsp3) is 0.500. The van der Waals surface area contributed by atoms with Gasteiger partial charge < -0.3 is 15.7 Å². The number of nitrogen functional groups attached to an aromatic ring is 1. The number of aryl methyl sites for hydroxylation is 1. The molecule has 2 bridgehead atoms. The van der Waals surface area contributed by atoms with Gasteiger partial charge in [-0.25, -0.2) is 0 Å². The lowest BCUT2D eigenvalue weighted by molar-refractivity contribution is -0.143. The zero-order valence-corrected chi connectivity index (χ0v) is 11.9. The highest BCUT2D eigenvalue weighted by Gasteiger charge is 2.50. The third kappa shape index (κ3) is 2.60. The number of carbonyl (C=O) groups excluding carboxylic acids is 1. The topological polar surface area (TPSA) is 83.6 Å². The lowest BCUT2D eigenvalue weighted by atomic mass is 9.89. The van der Waals surface area contributed by atoms with Crippen LogP contribution in [0.1, 0.15) is 31.2 Å². The van der Waals surface area contributed by atoms with Crippen molar-refractivity contribution in [1.29, 1.82) is 0 Å². The molecule has 1 amide bonds. The largest absolute Gasteiger partial charge is 0.481 e. The van der Waals surface area contributed by atoms with E-state index in [0.29, 0.717) is 24.9 Å². The molecule has 3 rings (SSSR count). The number of carbonyl (C=O) groups is 2. The number of nitrogens with zero attached hydrogens (tertiary/aromatic N) is 1. The van der Waals surface area contributed by atoms with Crippen molar-refractivity contribution >= 4 is 17.6 Å². The first-order valence-corrected chi connectivity index (χ1v) is 7.44. The molecule has 21 heavy (non-hydrogen) atoms. The molecule has 0 radical (unpaired) electrons. The molecule has 2 heterocycles. The van der Waals surface area contributed by atoms with E-state index in [4.69, 9.17) is 5.73 Å². The average molecular weight is 288 g/mol. The van der Waals surface area contributed by atoms with E-state index in [-0.39, 0.29) is 23.9 Å². The Kier molecular flexibility index (Phi) is 3.57. The number of rotatable bonds is 4. The number of carboxylic acids is 1. The Hall–Kier alpha value is -2.04. The molecule has 0 saturated carbocycles. The maximum absolute atomic E-state index is 12.4. The summed E-state index contributed by atoms with van der Waals surface area (Å²) in [5.41, 5.74) is 7.48. The second kappa shape index (κ2) is 5.39. The van der Waals surface area contributed by atoms with Gasteiger partial charge in [-0.1, -0.05) is 12.1 Å². The van der Waals surface area contributed by atoms with E-state index < -0.39 is 5.97 Å². The molecule has 0 aliphatic carbocycles. The van der Waals surface area contributed by atoms with Gasteiger partial charge in [0, 0.05) is 24.2 Å². The summed E-state index contributed by atoms with van der Waals surface area (Å²) < 4.78 is 0. The summed E-state index contributed by atoms with van der Waals surface area (Å²) >= 11 is 0. The monoisotopic (exact) mass is 288 g/mol. The molecule has 3 atom stereocenters. The smallest absolute Gasteiger partial charge is 0.308 e. The highest BCUT2D eigenvalue weighted by molar-refractivity contribution is 5.80. The van der Waals surface area contributed by atoms with E-state index in [1.165, 1.54) is 0 Å². The molecule has 2 fully saturated rings. The van der Waals surface area contributed by atoms with Crippen LogP contribution in [0.3, 0.4) is 0 Å². The van der Waals surface area contributed by atoms with Crippen LogP contribution >= 0.6 is 0 Å². The van der Waals surface area contributed by atoms with Crippen LogP contribution in [0, 0.1) is 5.92 Å². The van der Waals surface area contributed by atoms with Crippen LogP contribution in [-0.4, -0.2) is 34.0 Å². The van der Waals surface area contributed by atoms with Crippen LogP contribution in [0.25, 0.3) is 0 Å². The van der Waals surface area contributed by atoms with Crippen molar-refractivity contribution in [2.75, 3.05) is 5.73 Å². The van der Waals surface area contributed by atoms with Gasteiger partial charge >= 0.3 is 5.97 Å². The van der Waals surface area contributed by atoms with Gasteiger partial charge in [0.25, 0.3) is 0 Å². The van der Waals surface area contributed by atoms with Gasteiger partial charge in [-0.15, -0.1) is 0 Å². The third-order valence-corrected chi connectivity index (χ3v) is 4.72. The van der Waals surface area contributed by atoms with Crippen molar-refractivity contribution in [2.24, 2.45) is 5.92 Å². The highest BCUT2D eigenvalue weighted by Crippen LogP contribution is 2.42. The van der Waals surface area contributed by atoms with Gasteiger partial charge in [0.2, 0.25) is 5.91 Å². The second-order valence-electron chi connectivity index (χ2n) is 6.02. The highest BCUT2D eigenvalue weighted by atomic mass is 16.4. The second-order valence-corrected chi connectivity index (χ2v) is 6.02. The van der Waals surface area contributed by atoms with Gasteiger partial charge in [0.15, 0.2) is 0 Å². The Morgan fingerprint density at radius 1 is 1.33 bits per heavy atom. The molecule has 3 unspecified atom stereocenters. The quantitative estimate of drug-likeness (QED) is 0.825. The van der Waals surface area contributed by atoms with Crippen molar-refractivity contribution < 1.29 is 14.7 Å². The molecular weight excluding hydrogens is 268 g/mol. The summed E-state index contributed by atoms with van der Waals surface area (Å²) in [4.78, 5) is 25.5. The molecule has 2 aliphatic rings. The Morgan fingerprint density at radius 2 is 2.14 bits per heavy atom. The number of aliphatic carboxylic acids is 1. The Labute approximate surface area is 123 Å². The summed E-state index contributed by atoms with van der Waals surface area (Å²) in [6.45, 7) is 0. The maximum Gasteiger partial charge on any atom is 0.308 e. The summed E-state index contributed by atoms with van der Waals surface area (Å²) in [5.74, 6) is -1.07. The van der Waals surface area contributed by atoms with Crippen molar-refractivity contribution in [2.45, 2.75) is 44.2 Å². The first kappa shape index (κ1) is 13.9. The van der Waals surface area contributed by atoms with Gasteiger partial charge in [-0.3, -0.25) is 9.59 Å². The predicted octanol–water partition coefficient (Wildman–Crippen LogP) is 1.67. The van der Waals surface area contributed by atoms with Gasteiger partial charge in [0.1, 0.15) is 0 Å². The third-order valence-electron chi connectivity index (χ3n) is 4.72. The summed E-state index contributed by atoms with van der Waals surface area (Å²) in [7, 11) is 0. The normalized spacial score (nSPS) is 27.0. The van der Waals surface area contributed by atoms with E-state index in [0.717, 1.165) is 18.4 Å². The van der Waals surface area contributed by atoms with Crippen molar-refractivity contribution in [3.8, 4) is 0 Å². The zero-order valence-electron chi connectivity index (χ0n) is 11.9. The number of carboxylic acid groups (broad SMARTS) is 1. The van der Waals surface area contributed by atoms with Crippen LogP contribution in [0.2, 0.25) is 0 Å². The fourth-order valence-electron chi connectivity index (χ4n) is 3.77. The first-order valence-electron chi connectivity index (χ1n) is 7.44. The van der Waals surface area contributed by atoms with E-state index in [1.807, 2.05) is 29.2 Å². The molecule has 5 nitrogen and oxygen atoms in total. The fourth-order valence-corrected chi connectivity index (χ4v) is 3.77. The van der Waals surface area contributed by atoms with Crippen LogP contribution in [0.15, 0.2) is 24.3 Å². The molecule has 2 saturated heterocycles. The van der Waals surface area contributed by atoms with Crippen molar-refractivity contribution in [3.63, 3.8) is 0 Å². The number of hydrogen-bond acceptors (Lipinski definition) is 3. The minimum absolute atomic E-state index is 0.0775. The van der Waals surface area contributed by atoms with Gasteiger partial charge in [0.05, 0.1) is 5.92 Å². The minimum atomic E-state index is -0.768. The molecule has 1 aromatic carbocycles. The average Bonchev–Trinajstić information content (AvgIpc) is 3.02. The summed E-state index contributed by atoms with van der Waals surface area (Å²) in [6.07, 6.45) is 3.45. The number of fused-ring (bicyclic) bond motifs is 2. The Bertz CT molecular complexity index is 572. The van der Waals surface area contributed by atoms with E-state index in [1.54, 1.807) is 0 Å². The van der Waals surface area contributed by atoms with Gasteiger partial charge in [-0.05, 0) is 43.4 Å². The predicted molar refractivity (Wildman–Crippen MR) is 78.6 cm³/mol. The van der Waals surface area contributed by atoms with Crippen LogP contribution < -0.4 is 5.73 Å². The number of hydrogen-bond donors (Lipinski definition) is 2. The molecule has 0 spiro atoms. The Balaban J connectivity index is 1.63. The molecule has 2 aliphatic heterocycles. The van der Waals surface area contributed by atoms with E-state index >= 15 is 0 Å². The SMILES string of the molecule is Nc1cccc(CCC(=O)N2C3CCC2C(C(=O)O)C3)c1. The molecule has 3 N–H and O–H groups in total. The number of nitrogens with two attached hydrogens (primary N) is 1. The van der Waals surface area contributed by atoms with Gasteiger partial charge in [-0.2, -0.15) is 0 Å². The number of anilines is 1. The van der Waals surface area contributed by atoms with Crippen LogP contribution in [0.5, 0.6) is 0 Å². The minimum Gasteiger partial charge on any atom is -0.481 e. The first-order chi connectivity index (χ1) is 10.1. The van der Waals surface area contributed by atoms with Crippen molar-refractivity contribution in [3.05, 3.63) is 29.8 Å². The summed E-state index contributed by atoms with van der Waals surface area (Å²) in [5, 5.41) is 9.22. The standard InChI is InChI=1S/C16H20N2O3/c17-11-3-1-2-10(8-11)4-7-15(19)18-12-5-6-14(18)13(9-12)16(20)21/h1-3,8,12-14H,4-7,9,17H2,(H,20,21). The Morgan fingerprint density at radius 3 is 2.81 bits per heavy atom. The molecule has 5 heteroatoms. The van der Waals surface area contributed by atoms with Crippen molar-refractivity contribution in [1.82, 2.24) is 4.90 Å². The van der Waals surface area contributed by atoms with Crippen LogP contribution in [0.4, 0.5) is 5.69 Å². The summed E-state index contributed by atoms with van der Waals surface area (Å²) in [6, 6.07) is 7.58.